The highest BCUT2D eigenvalue weighted by Crippen LogP contribution is 2.08. The zero-order chi connectivity index (χ0) is 8.93. The van der Waals surface area contributed by atoms with Gasteiger partial charge in [0.15, 0.2) is 0 Å². The van der Waals surface area contributed by atoms with Crippen molar-refractivity contribution in [3.05, 3.63) is 59.7 Å². The van der Waals surface area contributed by atoms with E-state index in [2.05, 4.69) is 18.1 Å². The number of benzene rings is 1. The van der Waals surface area contributed by atoms with Crippen LogP contribution in [0.25, 0.3) is 0 Å². The van der Waals surface area contributed by atoms with Gasteiger partial charge in [0, 0.05) is 0 Å². The van der Waals surface area contributed by atoms with Gasteiger partial charge in [-0.1, -0.05) is 36.4 Å². The molecule has 1 aromatic carbocycles. The Morgan fingerprint density at radius 1 is 1.15 bits per heavy atom. The minimum Gasteiger partial charge on any atom is -0.503 e. The van der Waals surface area contributed by atoms with Crippen LogP contribution in [-0.2, 0) is 11.3 Å². The number of allylic oxidation sites excluding steroid dienone is 2. The first-order chi connectivity index (χ1) is 6.45. The lowest BCUT2D eigenvalue weighted by Crippen LogP contribution is -1.96. The molecule has 1 aliphatic heterocycles. The molecule has 0 radical (unpaired) electrons. The molecule has 0 spiro atoms. The minimum absolute atomic E-state index is 0.675. The third kappa shape index (κ3) is 2.25. The van der Waals surface area contributed by atoms with Gasteiger partial charge in [0.2, 0.25) is 7.28 Å². The molecular formula is C11H11BO. The molecule has 0 fully saturated rings. The highest BCUT2D eigenvalue weighted by molar-refractivity contribution is 6.51. The van der Waals surface area contributed by atoms with E-state index in [1.807, 2.05) is 30.4 Å². The summed E-state index contributed by atoms with van der Waals surface area (Å²) in [5.41, 5.74) is 2.28. The van der Waals surface area contributed by atoms with Crippen molar-refractivity contribution in [2.75, 3.05) is 0 Å². The summed E-state index contributed by atoms with van der Waals surface area (Å²) in [6.07, 6.45) is 4.04. The first kappa shape index (κ1) is 8.18. The number of ether oxygens (including phenoxy) is 1. The summed E-state index contributed by atoms with van der Waals surface area (Å²) in [7, 11) is 0.937. The first-order valence-corrected chi connectivity index (χ1v) is 4.47. The van der Waals surface area contributed by atoms with Crippen LogP contribution in [0, 0.1) is 0 Å². The SMILES string of the molecule is B1C=CC=C1OCc1ccccc1. The van der Waals surface area contributed by atoms with Crippen molar-refractivity contribution in [1.82, 2.24) is 0 Å². The Morgan fingerprint density at radius 3 is 2.69 bits per heavy atom. The van der Waals surface area contributed by atoms with Crippen LogP contribution in [0.1, 0.15) is 5.56 Å². The van der Waals surface area contributed by atoms with Crippen LogP contribution in [0.5, 0.6) is 0 Å². The Hall–Kier alpha value is -1.44. The zero-order valence-corrected chi connectivity index (χ0v) is 7.44. The number of hydrogen-bond acceptors (Lipinski definition) is 1. The van der Waals surface area contributed by atoms with Gasteiger partial charge >= 0.3 is 0 Å². The van der Waals surface area contributed by atoms with Gasteiger partial charge in [-0.15, -0.1) is 5.98 Å². The van der Waals surface area contributed by atoms with Crippen LogP contribution >= 0.6 is 0 Å². The van der Waals surface area contributed by atoms with Crippen molar-refractivity contribution in [2.45, 2.75) is 6.61 Å². The van der Waals surface area contributed by atoms with Gasteiger partial charge in [-0.2, -0.15) is 0 Å². The van der Waals surface area contributed by atoms with Crippen molar-refractivity contribution in [2.24, 2.45) is 0 Å². The Kier molecular flexibility index (Phi) is 2.51. The second-order valence-electron chi connectivity index (χ2n) is 3.04. The summed E-state index contributed by atoms with van der Waals surface area (Å²) in [4.78, 5) is 0. The number of hydrogen-bond donors (Lipinski definition) is 0. The summed E-state index contributed by atoms with van der Waals surface area (Å²) in [5, 5.41) is 0. The fourth-order valence-corrected chi connectivity index (χ4v) is 1.28. The van der Waals surface area contributed by atoms with Crippen LogP contribution in [0.4, 0.5) is 0 Å². The molecule has 64 valence electrons. The molecule has 0 saturated heterocycles. The molecule has 1 heterocycles. The van der Waals surface area contributed by atoms with Crippen LogP contribution in [-0.4, -0.2) is 7.28 Å². The van der Waals surface area contributed by atoms with Gasteiger partial charge in [0.25, 0.3) is 0 Å². The molecule has 0 aromatic heterocycles. The largest absolute Gasteiger partial charge is 0.503 e. The Labute approximate surface area is 79.0 Å². The van der Waals surface area contributed by atoms with Gasteiger partial charge in [-0.3, -0.25) is 0 Å². The van der Waals surface area contributed by atoms with Crippen LogP contribution < -0.4 is 0 Å². The standard InChI is InChI=1S/C11H11BO/c1-2-5-10(6-3-1)9-13-11-7-4-8-12-11/h1-8,12H,9H2. The predicted octanol–water partition coefficient (Wildman–Crippen LogP) is 2.01. The summed E-state index contributed by atoms with van der Waals surface area (Å²) in [5.74, 6) is 2.10. The van der Waals surface area contributed by atoms with Gasteiger partial charge in [-0.05, 0) is 11.6 Å². The second-order valence-corrected chi connectivity index (χ2v) is 3.04. The highest BCUT2D eigenvalue weighted by atomic mass is 16.5. The molecule has 0 amide bonds. The van der Waals surface area contributed by atoms with Crippen LogP contribution in [0.15, 0.2) is 54.1 Å². The van der Waals surface area contributed by atoms with Crippen LogP contribution in [0.2, 0.25) is 0 Å². The third-order valence-electron chi connectivity index (χ3n) is 2.00. The fourth-order valence-electron chi connectivity index (χ4n) is 1.28. The van der Waals surface area contributed by atoms with Crippen molar-refractivity contribution in [3.8, 4) is 0 Å². The average molecular weight is 170 g/mol. The molecule has 1 aliphatic rings. The molecule has 2 rings (SSSR count). The molecule has 0 N–H and O–H groups in total. The quantitative estimate of drug-likeness (QED) is 0.630. The maximum atomic E-state index is 5.59. The highest BCUT2D eigenvalue weighted by Gasteiger charge is 2.01. The second kappa shape index (κ2) is 3.99. The van der Waals surface area contributed by atoms with E-state index in [-0.39, 0.29) is 0 Å². The fraction of sp³-hybridized carbons (Fsp3) is 0.0909. The Bertz CT molecular complexity index is 327. The van der Waals surface area contributed by atoms with E-state index in [9.17, 15) is 0 Å². The lowest BCUT2D eigenvalue weighted by atomic mass is 9.80. The summed E-state index contributed by atoms with van der Waals surface area (Å²) in [6.45, 7) is 0.675. The van der Waals surface area contributed by atoms with Crippen molar-refractivity contribution in [3.63, 3.8) is 0 Å². The van der Waals surface area contributed by atoms with Gasteiger partial charge in [-0.25, -0.2) is 0 Å². The molecule has 13 heavy (non-hydrogen) atoms. The molecule has 0 bridgehead atoms. The molecule has 0 unspecified atom stereocenters. The molecule has 0 saturated carbocycles. The average Bonchev–Trinajstić information content (AvgIpc) is 2.69. The monoisotopic (exact) mass is 170 g/mol. The Morgan fingerprint density at radius 2 is 2.00 bits per heavy atom. The van der Waals surface area contributed by atoms with E-state index in [0.29, 0.717) is 6.61 Å². The summed E-state index contributed by atoms with van der Waals surface area (Å²) in [6, 6.07) is 10.2. The topological polar surface area (TPSA) is 9.23 Å². The van der Waals surface area contributed by atoms with E-state index in [4.69, 9.17) is 4.74 Å². The van der Waals surface area contributed by atoms with E-state index in [1.54, 1.807) is 0 Å². The van der Waals surface area contributed by atoms with Gasteiger partial charge < -0.3 is 4.74 Å². The molecular weight excluding hydrogens is 159 g/mol. The smallest absolute Gasteiger partial charge is 0.229 e. The van der Waals surface area contributed by atoms with E-state index < -0.39 is 0 Å². The predicted molar refractivity (Wildman–Crippen MR) is 55.6 cm³/mol. The minimum atomic E-state index is 0.675. The van der Waals surface area contributed by atoms with E-state index in [1.165, 1.54) is 5.56 Å². The Balaban J connectivity index is 1.87. The lowest BCUT2D eigenvalue weighted by molar-refractivity contribution is 0.222. The molecule has 1 aromatic rings. The summed E-state index contributed by atoms with van der Waals surface area (Å²) < 4.78 is 5.59. The zero-order valence-electron chi connectivity index (χ0n) is 7.44. The molecule has 1 nitrogen and oxygen atoms in total. The lowest BCUT2D eigenvalue weighted by Gasteiger charge is -2.05. The van der Waals surface area contributed by atoms with Crippen LogP contribution in [0.3, 0.4) is 0 Å². The van der Waals surface area contributed by atoms with Crippen molar-refractivity contribution < 1.29 is 4.74 Å². The van der Waals surface area contributed by atoms with Gasteiger partial charge in [0.05, 0.1) is 5.66 Å². The molecule has 0 aliphatic carbocycles. The van der Waals surface area contributed by atoms with E-state index in [0.717, 1.165) is 12.9 Å². The summed E-state index contributed by atoms with van der Waals surface area (Å²) >= 11 is 0. The van der Waals surface area contributed by atoms with Gasteiger partial charge in [0.1, 0.15) is 6.61 Å². The third-order valence-corrected chi connectivity index (χ3v) is 2.00. The normalized spacial score (nSPS) is 13.7. The van der Waals surface area contributed by atoms with Crippen molar-refractivity contribution >= 4 is 7.28 Å². The first-order valence-electron chi connectivity index (χ1n) is 4.47. The number of rotatable bonds is 3. The maximum Gasteiger partial charge on any atom is 0.229 e. The van der Waals surface area contributed by atoms with Crippen molar-refractivity contribution in [1.29, 1.82) is 0 Å². The molecule has 2 heteroatoms. The molecule has 0 atom stereocenters. The van der Waals surface area contributed by atoms with E-state index >= 15 is 0 Å². The maximum absolute atomic E-state index is 5.59.